The Bertz CT molecular complexity index is 3270. The Morgan fingerprint density at radius 1 is 0.382 bits per heavy atom. The zero-order valence-corrected chi connectivity index (χ0v) is 29.3. The number of hydrogen-bond acceptors (Lipinski definition) is 5. The molecule has 0 amide bonds. The van der Waals surface area contributed by atoms with Crippen molar-refractivity contribution in [3.8, 4) is 45.5 Å². The lowest BCUT2D eigenvalue weighted by molar-refractivity contribution is 0.894. The molecule has 0 radical (unpaired) electrons. The Labute approximate surface area is 313 Å². The Kier molecular flexibility index (Phi) is 6.84. The summed E-state index contributed by atoms with van der Waals surface area (Å²) in [6.45, 7) is 0. The fourth-order valence-corrected chi connectivity index (χ4v) is 7.80. The van der Waals surface area contributed by atoms with Crippen LogP contribution in [0, 0.1) is 0 Å². The van der Waals surface area contributed by atoms with Gasteiger partial charge in [0.1, 0.15) is 0 Å². The van der Waals surface area contributed by atoms with Crippen LogP contribution in [0.3, 0.4) is 0 Å². The van der Waals surface area contributed by atoms with Gasteiger partial charge in [0.2, 0.25) is 11.6 Å². The number of para-hydroxylation sites is 4. The van der Waals surface area contributed by atoms with E-state index in [-0.39, 0.29) is 17.2 Å². The summed E-state index contributed by atoms with van der Waals surface area (Å²) in [5, 5.41) is 2.34. The van der Waals surface area contributed by atoms with Crippen LogP contribution < -0.4 is 5.56 Å². The molecule has 0 aliphatic heterocycles. The SMILES string of the molecule is O=c1c2nc3ccccc3n2c2cc(-c3ccc4c(c3)c3ccccc3n4-c3ccccc3)ccc2n1-c1nc(-c2ccccc2)nc(-c2ccccc2)n1. The molecule has 0 unspecified atom stereocenters. The minimum absolute atomic E-state index is 0.222. The smallest absolute Gasteiger partial charge is 0.301 e. The predicted octanol–water partition coefficient (Wildman–Crippen LogP) is 10.1. The molecule has 8 heteroatoms. The first-order valence-corrected chi connectivity index (χ1v) is 18.1. The molecule has 0 aliphatic carbocycles. The van der Waals surface area contributed by atoms with Crippen LogP contribution >= 0.6 is 0 Å². The first-order valence-electron chi connectivity index (χ1n) is 18.1. The van der Waals surface area contributed by atoms with Gasteiger partial charge in [0.15, 0.2) is 11.6 Å². The molecular formula is C47H29N7O. The monoisotopic (exact) mass is 707 g/mol. The third-order valence-corrected chi connectivity index (χ3v) is 10.3. The van der Waals surface area contributed by atoms with Gasteiger partial charge in [0, 0.05) is 27.6 Å². The number of hydrogen-bond donors (Lipinski definition) is 0. The van der Waals surface area contributed by atoms with Crippen LogP contribution in [0.4, 0.5) is 0 Å². The van der Waals surface area contributed by atoms with Gasteiger partial charge in [-0.25, -0.2) is 14.5 Å². The van der Waals surface area contributed by atoms with Crippen molar-refractivity contribution in [1.82, 2.24) is 33.5 Å². The molecule has 0 N–H and O–H groups in total. The minimum Gasteiger partial charge on any atom is -0.309 e. The number of nitrogens with zero attached hydrogens (tertiary/aromatic N) is 7. The van der Waals surface area contributed by atoms with Crippen LogP contribution in [0.2, 0.25) is 0 Å². The Balaban J connectivity index is 1.18. The fourth-order valence-electron chi connectivity index (χ4n) is 7.80. The second-order valence-corrected chi connectivity index (χ2v) is 13.5. The van der Waals surface area contributed by atoms with E-state index in [0.29, 0.717) is 17.2 Å². The van der Waals surface area contributed by atoms with E-state index in [2.05, 4.69) is 83.4 Å². The zero-order chi connectivity index (χ0) is 36.5. The van der Waals surface area contributed by atoms with Crippen molar-refractivity contribution in [3.63, 3.8) is 0 Å². The summed E-state index contributed by atoms with van der Waals surface area (Å²) in [4.78, 5) is 34.4. The van der Waals surface area contributed by atoms with E-state index in [1.54, 1.807) is 4.57 Å². The van der Waals surface area contributed by atoms with Crippen LogP contribution in [-0.2, 0) is 0 Å². The van der Waals surface area contributed by atoms with Crippen LogP contribution in [-0.4, -0.2) is 33.5 Å². The number of imidazole rings is 1. The van der Waals surface area contributed by atoms with E-state index in [9.17, 15) is 4.79 Å². The average molecular weight is 708 g/mol. The average Bonchev–Trinajstić information content (AvgIpc) is 3.81. The second kappa shape index (κ2) is 12.2. The molecule has 0 fully saturated rings. The van der Waals surface area contributed by atoms with Crippen LogP contribution in [0.25, 0.3) is 95.1 Å². The molecule has 4 heterocycles. The second-order valence-electron chi connectivity index (χ2n) is 13.5. The fraction of sp³-hybridized carbons (Fsp3) is 0. The summed E-state index contributed by atoms with van der Waals surface area (Å²) in [5.41, 5.74) is 10.1. The van der Waals surface area contributed by atoms with Gasteiger partial charge in [0.25, 0.3) is 0 Å². The van der Waals surface area contributed by atoms with Crippen molar-refractivity contribution in [2.45, 2.75) is 0 Å². The molecule has 0 saturated heterocycles. The van der Waals surface area contributed by atoms with E-state index in [4.69, 9.17) is 19.9 Å². The first-order chi connectivity index (χ1) is 27.2. The van der Waals surface area contributed by atoms with Gasteiger partial charge in [-0.3, -0.25) is 9.20 Å². The highest BCUT2D eigenvalue weighted by Crippen LogP contribution is 2.36. The van der Waals surface area contributed by atoms with Crippen molar-refractivity contribution in [2.75, 3.05) is 0 Å². The maximum Gasteiger partial charge on any atom is 0.301 e. The molecule has 11 aromatic rings. The standard InChI is InChI=1S/C47H29N7O/c55-46-45-48-37-21-11-13-23-40(37)53(45)42-29-33(32-24-26-39-36(28-32)35-20-10-12-22-38(35)52(39)34-18-8-3-9-19-34)25-27-41(42)54(46)47-50-43(30-14-4-1-5-15-30)49-44(51-47)31-16-6-2-7-17-31/h1-29H. The van der Waals surface area contributed by atoms with Gasteiger partial charge < -0.3 is 4.57 Å². The minimum atomic E-state index is -0.323. The van der Waals surface area contributed by atoms with Crippen molar-refractivity contribution in [1.29, 1.82) is 0 Å². The van der Waals surface area contributed by atoms with E-state index < -0.39 is 0 Å². The van der Waals surface area contributed by atoms with E-state index in [1.165, 1.54) is 5.39 Å². The molecule has 0 spiro atoms. The summed E-state index contributed by atoms with van der Waals surface area (Å²) >= 11 is 0. The first kappa shape index (κ1) is 30.9. The van der Waals surface area contributed by atoms with E-state index >= 15 is 0 Å². The molecule has 0 saturated carbocycles. The maximum atomic E-state index is 14.7. The molecule has 4 aromatic heterocycles. The van der Waals surface area contributed by atoms with Gasteiger partial charge in [-0.1, -0.05) is 121 Å². The molecule has 258 valence electrons. The molecule has 11 rings (SSSR count). The van der Waals surface area contributed by atoms with Crippen LogP contribution in [0.5, 0.6) is 0 Å². The lowest BCUT2D eigenvalue weighted by atomic mass is 10.0. The molecule has 8 nitrogen and oxygen atoms in total. The third kappa shape index (κ3) is 4.89. The number of benzene rings is 7. The molecule has 0 bridgehead atoms. The highest BCUT2D eigenvalue weighted by molar-refractivity contribution is 6.10. The Morgan fingerprint density at radius 3 is 1.65 bits per heavy atom. The van der Waals surface area contributed by atoms with Gasteiger partial charge in [-0.2, -0.15) is 9.97 Å². The molecular weight excluding hydrogens is 679 g/mol. The highest BCUT2D eigenvalue weighted by atomic mass is 16.1. The van der Waals surface area contributed by atoms with Gasteiger partial charge in [-0.05, 0) is 65.7 Å². The van der Waals surface area contributed by atoms with Crippen LogP contribution in [0.15, 0.2) is 181 Å². The molecule has 7 aromatic carbocycles. The van der Waals surface area contributed by atoms with Gasteiger partial charge in [0.05, 0.1) is 33.1 Å². The largest absolute Gasteiger partial charge is 0.309 e. The van der Waals surface area contributed by atoms with E-state index in [0.717, 1.165) is 60.9 Å². The molecule has 55 heavy (non-hydrogen) atoms. The lowest BCUT2D eigenvalue weighted by Gasteiger charge is -2.14. The summed E-state index contributed by atoms with van der Waals surface area (Å²) < 4.78 is 5.86. The van der Waals surface area contributed by atoms with Crippen molar-refractivity contribution >= 4 is 49.5 Å². The lowest BCUT2D eigenvalue weighted by Crippen LogP contribution is -2.24. The Hall–Kier alpha value is -7.71. The third-order valence-electron chi connectivity index (χ3n) is 10.3. The molecule has 0 atom stereocenters. The van der Waals surface area contributed by atoms with Gasteiger partial charge >= 0.3 is 5.56 Å². The van der Waals surface area contributed by atoms with Crippen molar-refractivity contribution in [3.05, 3.63) is 186 Å². The zero-order valence-electron chi connectivity index (χ0n) is 29.3. The predicted molar refractivity (Wildman–Crippen MR) is 220 cm³/mol. The Morgan fingerprint density at radius 2 is 0.945 bits per heavy atom. The maximum absolute atomic E-state index is 14.7. The summed E-state index contributed by atoms with van der Waals surface area (Å²) in [7, 11) is 0. The van der Waals surface area contributed by atoms with Crippen molar-refractivity contribution in [2.24, 2.45) is 0 Å². The molecule has 0 aliphatic rings. The summed E-state index contributed by atoms with van der Waals surface area (Å²) in [6, 6.07) is 59.2. The van der Waals surface area contributed by atoms with Crippen molar-refractivity contribution < 1.29 is 0 Å². The quantitative estimate of drug-likeness (QED) is 0.178. The summed E-state index contributed by atoms with van der Waals surface area (Å²) in [5.74, 6) is 1.16. The normalized spacial score (nSPS) is 11.7. The summed E-state index contributed by atoms with van der Waals surface area (Å²) in [6.07, 6.45) is 0. The topological polar surface area (TPSA) is 82.9 Å². The highest BCUT2D eigenvalue weighted by Gasteiger charge is 2.21. The van der Waals surface area contributed by atoms with Gasteiger partial charge in [-0.15, -0.1) is 0 Å². The number of fused-ring (bicyclic) bond motifs is 8. The number of aromatic nitrogens is 7. The van der Waals surface area contributed by atoms with E-state index in [1.807, 2.05) is 101 Å². The van der Waals surface area contributed by atoms with Crippen LogP contribution in [0.1, 0.15) is 0 Å². The number of rotatable bonds is 5.